The van der Waals surface area contributed by atoms with E-state index in [2.05, 4.69) is 38.2 Å². The van der Waals surface area contributed by atoms with Gasteiger partial charge in [0.2, 0.25) is 0 Å². The standard InChI is InChI=1S/C15H25NOS/c1-11(2)8-12(3)17-10-15-7-6-14(18-15)9-16-13-4-5-13/h6-7,11-13,16H,4-5,8-10H2,1-3H3. The quantitative estimate of drug-likeness (QED) is 0.770. The Bertz CT molecular complexity index is 357. The molecule has 18 heavy (non-hydrogen) atoms. The molecular weight excluding hydrogens is 242 g/mol. The van der Waals surface area contributed by atoms with Crippen LogP contribution in [-0.4, -0.2) is 12.1 Å². The highest BCUT2D eigenvalue weighted by Crippen LogP contribution is 2.22. The summed E-state index contributed by atoms with van der Waals surface area (Å²) in [5, 5.41) is 3.55. The Morgan fingerprint density at radius 3 is 2.67 bits per heavy atom. The number of rotatable bonds is 8. The summed E-state index contributed by atoms with van der Waals surface area (Å²) < 4.78 is 5.88. The molecule has 0 saturated heterocycles. The van der Waals surface area contributed by atoms with E-state index in [0.29, 0.717) is 12.0 Å². The summed E-state index contributed by atoms with van der Waals surface area (Å²) in [6.45, 7) is 8.45. The van der Waals surface area contributed by atoms with Crippen LogP contribution in [0.25, 0.3) is 0 Å². The van der Waals surface area contributed by atoms with Crippen molar-refractivity contribution >= 4 is 11.3 Å². The third-order valence-electron chi connectivity index (χ3n) is 3.17. The minimum Gasteiger partial charge on any atom is -0.373 e. The van der Waals surface area contributed by atoms with E-state index in [9.17, 15) is 0 Å². The molecule has 0 radical (unpaired) electrons. The van der Waals surface area contributed by atoms with Gasteiger partial charge in [0.15, 0.2) is 0 Å². The fourth-order valence-corrected chi connectivity index (χ4v) is 2.97. The maximum absolute atomic E-state index is 5.88. The first-order valence-electron chi connectivity index (χ1n) is 7.06. The van der Waals surface area contributed by atoms with Crippen molar-refractivity contribution < 1.29 is 4.74 Å². The average molecular weight is 267 g/mol. The molecule has 0 amide bonds. The Hall–Kier alpha value is -0.380. The lowest BCUT2D eigenvalue weighted by Crippen LogP contribution is -2.14. The van der Waals surface area contributed by atoms with Crippen LogP contribution in [0.5, 0.6) is 0 Å². The molecule has 1 aliphatic carbocycles. The van der Waals surface area contributed by atoms with Crippen LogP contribution in [0, 0.1) is 5.92 Å². The van der Waals surface area contributed by atoms with E-state index in [1.165, 1.54) is 22.6 Å². The lowest BCUT2D eigenvalue weighted by atomic mass is 10.1. The number of hydrogen-bond donors (Lipinski definition) is 1. The SMILES string of the molecule is CC(C)CC(C)OCc1ccc(CNC2CC2)s1. The minimum absolute atomic E-state index is 0.361. The monoisotopic (exact) mass is 267 g/mol. The summed E-state index contributed by atoms with van der Waals surface area (Å²) >= 11 is 1.88. The third kappa shape index (κ3) is 5.09. The van der Waals surface area contributed by atoms with Crippen molar-refractivity contribution in [2.45, 2.75) is 65.3 Å². The molecular formula is C15H25NOS. The van der Waals surface area contributed by atoms with Gasteiger partial charge in [-0.05, 0) is 44.2 Å². The van der Waals surface area contributed by atoms with Gasteiger partial charge >= 0.3 is 0 Å². The molecule has 2 rings (SSSR count). The second-order valence-electron chi connectivity index (χ2n) is 5.77. The molecule has 1 fully saturated rings. The van der Waals surface area contributed by atoms with Crippen molar-refractivity contribution in [3.8, 4) is 0 Å². The Kier molecular flexibility index (Phi) is 5.22. The van der Waals surface area contributed by atoms with Crippen molar-refractivity contribution in [3.05, 3.63) is 21.9 Å². The highest BCUT2D eigenvalue weighted by molar-refractivity contribution is 7.11. The first kappa shape index (κ1) is 14.0. The second-order valence-corrected chi connectivity index (χ2v) is 7.03. The highest BCUT2D eigenvalue weighted by atomic mass is 32.1. The van der Waals surface area contributed by atoms with Gasteiger partial charge in [0.25, 0.3) is 0 Å². The van der Waals surface area contributed by atoms with Crippen LogP contribution in [0.15, 0.2) is 12.1 Å². The predicted octanol–water partition coefficient (Wildman–Crippen LogP) is 3.95. The summed E-state index contributed by atoms with van der Waals surface area (Å²) in [6, 6.07) is 5.22. The Labute approximate surface area is 115 Å². The predicted molar refractivity (Wildman–Crippen MR) is 77.9 cm³/mol. The van der Waals surface area contributed by atoms with Crippen LogP contribution in [0.2, 0.25) is 0 Å². The first-order valence-corrected chi connectivity index (χ1v) is 7.87. The molecule has 3 heteroatoms. The van der Waals surface area contributed by atoms with Gasteiger partial charge in [0.05, 0.1) is 12.7 Å². The Balaban J connectivity index is 1.68. The van der Waals surface area contributed by atoms with Crippen molar-refractivity contribution in [2.75, 3.05) is 0 Å². The van der Waals surface area contributed by atoms with Gasteiger partial charge in [-0.3, -0.25) is 0 Å². The zero-order chi connectivity index (χ0) is 13.0. The zero-order valence-corrected chi connectivity index (χ0v) is 12.6. The summed E-state index contributed by atoms with van der Waals surface area (Å²) in [5.74, 6) is 0.710. The smallest absolute Gasteiger partial charge is 0.0813 e. The van der Waals surface area contributed by atoms with Crippen molar-refractivity contribution in [3.63, 3.8) is 0 Å². The molecule has 1 saturated carbocycles. The van der Waals surface area contributed by atoms with Crippen molar-refractivity contribution in [1.82, 2.24) is 5.32 Å². The maximum Gasteiger partial charge on any atom is 0.0813 e. The van der Waals surface area contributed by atoms with E-state index >= 15 is 0 Å². The molecule has 1 aromatic heterocycles. The van der Waals surface area contributed by atoms with E-state index in [1.54, 1.807) is 0 Å². The van der Waals surface area contributed by atoms with Crippen molar-refractivity contribution in [2.24, 2.45) is 5.92 Å². The number of ether oxygens (including phenoxy) is 1. The van der Waals surface area contributed by atoms with Crippen LogP contribution >= 0.6 is 11.3 Å². The van der Waals surface area contributed by atoms with Gasteiger partial charge in [-0.15, -0.1) is 11.3 Å². The fraction of sp³-hybridized carbons (Fsp3) is 0.733. The zero-order valence-electron chi connectivity index (χ0n) is 11.7. The van der Waals surface area contributed by atoms with Gasteiger partial charge in [0, 0.05) is 22.3 Å². The van der Waals surface area contributed by atoms with E-state index < -0.39 is 0 Å². The van der Waals surface area contributed by atoms with E-state index in [1.807, 2.05) is 11.3 Å². The van der Waals surface area contributed by atoms with Gasteiger partial charge in [-0.2, -0.15) is 0 Å². The average Bonchev–Trinajstić information content (AvgIpc) is 3.02. The number of nitrogens with one attached hydrogen (secondary N) is 1. The molecule has 1 heterocycles. The van der Waals surface area contributed by atoms with Crippen LogP contribution in [0.3, 0.4) is 0 Å². The molecule has 1 unspecified atom stereocenters. The van der Waals surface area contributed by atoms with Crippen LogP contribution in [-0.2, 0) is 17.9 Å². The van der Waals surface area contributed by atoms with Gasteiger partial charge in [0.1, 0.15) is 0 Å². The highest BCUT2D eigenvalue weighted by Gasteiger charge is 2.20. The van der Waals surface area contributed by atoms with Crippen molar-refractivity contribution in [1.29, 1.82) is 0 Å². The molecule has 0 bridgehead atoms. The van der Waals surface area contributed by atoms with Crippen LogP contribution in [0.1, 0.15) is 49.8 Å². The van der Waals surface area contributed by atoms with Gasteiger partial charge < -0.3 is 10.1 Å². The lowest BCUT2D eigenvalue weighted by Gasteiger charge is -2.14. The summed E-state index contributed by atoms with van der Waals surface area (Å²) in [6.07, 6.45) is 4.21. The van der Waals surface area contributed by atoms with Crippen LogP contribution < -0.4 is 5.32 Å². The lowest BCUT2D eigenvalue weighted by molar-refractivity contribution is 0.0412. The molecule has 102 valence electrons. The normalized spacial score (nSPS) is 17.3. The van der Waals surface area contributed by atoms with Gasteiger partial charge in [-0.1, -0.05) is 13.8 Å². The van der Waals surface area contributed by atoms with E-state index in [0.717, 1.165) is 25.6 Å². The molecule has 0 spiro atoms. The maximum atomic E-state index is 5.88. The van der Waals surface area contributed by atoms with Crippen LogP contribution in [0.4, 0.5) is 0 Å². The van der Waals surface area contributed by atoms with E-state index in [4.69, 9.17) is 4.74 Å². The first-order chi connectivity index (χ1) is 8.63. The molecule has 2 nitrogen and oxygen atoms in total. The largest absolute Gasteiger partial charge is 0.373 e. The number of hydrogen-bond acceptors (Lipinski definition) is 3. The molecule has 1 atom stereocenters. The minimum atomic E-state index is 0.361. The fourth-order valence-electron chi connectivity index (χ4n) is 2.08. The molecule has 0 aliphatic heterocycles. The molecule has 1 aliphatic rings. The molecule has 1 aromatic rings. The van der Waals surface area contributed by atoms with E-state index in [-0.39, 0.29) is 0 Å². The Morgan fingerprint density at radius 1 is 1.28 bits per heavy atom. The van der Waals surface area contributed by atoms with Gasteiger partial charge in [-0.25, -0.2) is 0 Å². The third-order valence-corrected chi connectivity index (χ3v) is 4.23. The summed E-state index contributed by atoms with van der Waals surface area (Å²) in [7, 11) is 0. The molecule has 0 aromatic carbocycles. The summed E-state index contributed by atoms with van der Waals surface area (Å²) in [4.78, 5) is 2.77. The Morgan fingerprint density at radius 2 is 2.00 bits per heavy atom. The second kappa shape index (κ2) is 6.69. The topological polar surface area (TPSA) is 21.3 Å². The molecule has 1 N–H and O–H groups in total. The summed E-state index contributed by atoms with van der Waals surface area (Å²) in [5.41, 5.74) is 0. The number of thiophene rings is 1.